The van der Waals surface area contributed by atoms with Crippen molar-refractivity contribution in [3.63, 3.8) is 0 Å². The lowest BCUT2D eigenvalue weighted by molar-refractivity contribution is -0.234. The van der Waals surface area contributed by atoms with Crippen LogP contribution in [-0.2, 0) is 23.8 Å². The molecular weight excluding hydrogens is 572 g/mol. The van der Waals surface area contributed by atoms with Gasteiger partial charge in [-0.3, -0.25) is 4.79 Å². The maximum atomic E-state index is 17.6. The first-order chi connectivity index (χ1) is 20.4. The summed E-state index contributed by atoms with van der Waals surface area (Å²) in [4.78, 5) is 39.9. The number of halogens is 2. The highest BCUT2D eigenvalue weighted by Crippen LogP contribution is 2.72. The van der Waals surface area contributed by atoms with Gasteiger partial charge in [-0.2, -0.15) is 5.26 Å². The molecule has 6 aliphatic rings. The van der Waals surface area contributed by atoms with Crippen molar-refractivity contribution < 1.29 is 42.5 Å². The second-order valence-electron chi connectivity index (χ2n) is 15.5. The number of carbonyl (C=O) groups excluding carboxylic acids is 3. The van der Waals surface area contributed by atoms with Gasteiger partial charge in [0.15, 0.2) is 18.1 Å². The van der Waals surface area contributed by atoms with Crippen molar-refractivity contribution in [3.05, 3.63) is 23.8 Å². The van der Waals surface area contributed by atoms with Crippen LogP contribution in [0.25, 0.3) is 0 Å². The second-order valence-corrected chi connectivity index (χ2v) is 15.5. The van der Waals surface area contributed by atoms with E-state index < -0.39 is 82.7 Å². The molecule has 12 atom stereocenters. The monoisotopic (exact) mass is 615 g/mol. The summed E-state index contributed by atoms with van der Waals surface area (Å²) in [7, 11) is 0. The van der Waals surface area contributed by atoms with Crippen LogP contribution in [0.2, 0.25) is 0 Å². The minimum atomic E-state index is -2.36. The molecule has 0 aromatic rings. The fourth-order valence-corrected chi connectivity index (χ4v) is 11.0. The van der Waals surface area contributed by atoms with Crippen molar-refractivity contribution in [3.8, 4) is 6.07 Å². The van der Waals surface area contributed by atoms with Crippen LogP contribution in [0.15, 0.2) is 23.8 Å². The van der Waals surface area contributed by atoms with Gasteiger partial charge < -0.3 is 19.3 Å². The number of ketones is 1. The molecule has 0 aliphatic heterocycles. The molecular formula is C34H43F2NO7. The van der Waals surface area contributed by atoms with E-state index in [2.05, 4.69) is 20.8 Å². The van der Waals surface area contributed by atoms with E-state index in [4.69, 9.17) is 14.2 Å². The number of hydrogen-bond acceptors (Lipinski definition) is 8. The topological polar surface area (TPSA) is 123 Å². The third-order valence-corrected chi connectivity index (χ3v) is 13.9. The molecule has 240 valence electrons. The van der Waals surface area contributed by atoms with Crippen molar-refractivity contribution in [2.24, 2.45) is 45.3 Å². The first kappa shape index (κ1) is 31.2. The van der Waals surface area contributed by atoms with Gasteiger partial charge in [-0.15, -0.1) is 0 Å². The predicted octanol–water partition coefficient (Wildman–Crippen LogP) is 5.72. The highest BCUT2D eigenvalue weighted by Gasteiger charge is 2.79. The molecule has 2 bridgehead atoms. The van der Waals surface area contributed by atoms with E-state index in [1.165, 1.54) is 19.1 Å². The Morgan fingerprint density at radius 1 is 1.11 bits per heavy atom. The molecule has 6 aliphatic carbocycles. The fourth-order valence-electron chi connectivity index (χ4n) is 11.0. The fraction of sp³-hybridized carbons (Fsp3) is 0.765. The first-order valence-corrected chi connectivity index (χ1v) is 15.8. The number of fused-ring (bicyclic) bond motifs is 7. The smallest absolute Gasteiger partial charge is 0.447 e. The molecule has 0 heterocycles. The molecule has 1 N–H and O–H groups in total. The zero-order valence-corrected chi connectivity index (χ0v) is 26.3. The molecule has 2 unspecified atom stereocenters. The summed E-state index contributed by atoms with van der Waals surface area (Å²) in [5, 5.41) is 20.9. The zero-order chi connectivity index (χ0) is 32.3. The lowest BCUT2D eigenvalue weighted by Crippen LogP contribution is -2.71. The van der Waals surface area contributed by atoms with Crippen LogP contribution in [0.1, 0.15) is 80.1 Å². The van der Waals surface area contributed by atoms with Crippen molar-refractivity contribution in [1.29, 1.82) is 5.26 Å². The molecule has 44 heavy (non-hydrogen) atoms. The number of rotatable bonds is 4. The van der Waals surface area contributed by atoms with Crippen LogP contribution in [0.3, 0.4) is 0 Å². The standard InChI is InChI=1S/C34H43F2NO7/c1-18-13-21-22-16-24(35)23-15-20(38)8-10-30(23,4)33(22,36)25(39)17-32(21,6)34(18,27(40)42-12-11-37)44-28(41)43-26-14-19-7-9-31(26,5)29(19,2)3/h8,10,15,18-19,21-22,24-26,39H,7,9,12-14,16-17H2,1-6H3/t18?,19-,21-,22-,24-,25-,26+,30-,31+,32-,33?,34+/m0/s1. The van der Waals surface area contributed by atoms with Crippen molar-refractivity contribution in [2.45, 2.75) is 110 Å². The Morgan fingerprint density at radius 2 is 1.82 bits per heavy atom. The molecule has 0 aromatic carbocycles. The number of carbonyl (C=O) groups is 3. The highest BCUT2D eigenvalue weighted by atomic mass is 19.1. The Morgan fingerprint density at radius 3 is 2.43 bits per heavy atom. The van der Waals surface area contributed by atoms with Gasteiger partial charge in [0.25, 0.3) is 0 Å². The zero-order valence-electron chi connectivity index (χ0n) is 26.3. The van der Waals surface area contributed by atoms with E-state index >= 15 is 8.78 Å². The van der Waals surface area contributed by atoms with Crippen LogP contribution in [0, 0.1) is 56.7 Å². The number of nitriles is 1. The minimum Gasteiger partial charge on any atom is -0.447 e. The third kappa shape index (κ3) is 3.59. The summed E-state index contributed by atoms with van der Waals surface area (Å²) in [5.41, 5.74) is -7.70. The summed E-state index contributed by atoms with van der Waals surface area (Å²) in [6, 6.07) is 1.77. The summed E-state index contributed by atoms with van der Waals surface area (Å²) in [6.45, 7) is 10.7. The third-order valence-electron chi connectivity index (χ3n) is 13.9. The van der Waals surface area contributed by atoms with Gasteiger partial charge in [0, 0.05) is 28.1 Å². The maximum Gasteiger partial charge on any atom is 0.509 e. The minimum absolute atomic E-state index is 0.000694. The number of hydrogen-bond donors (Lipinski definition) is 1. The predicted molar refractivity (Wildman–Crippen MR) is 153 cm³/mol. The number of aliphatic hydroxyl groups is 1. The molecule has 0 saturated heterocycles. The van der Waals surface area contributed by atoms with Crippen LogP contribution in [-0.4, -0.2) is 59.3 Å². The SMILES string of the molecule is CC1C[C@H]2[C@@H]3C[C@H](F)C4=CC(=O)C=C[C@]4(C)C3(F)[C@@H](O)C[C@]2(C)[C@]1(OC(=O)O[C@@H]1C[C@@H]2CC[C@@]1(C)C2(C)C)C(=O)OCC#N. The van der Waals surface area contributed by atoms with E-state index in [0.717, 1.165) is 18.9 Å². The number of esters is 1. The molecule has 0 aromatic heterocycles. The number of allylic oxidation sites excluding steroid dienone is 4. The lowest BCUT2D eigenvalue weighted by atomic mass is 9.44. The van der Waals surface area contributed by atoms with Gasteiger partial charge in [0.2, 0.25) is 5.60 Å². The van der Waals surface area contributed by atoms with Crippen molar-refractivity contribution in [1.82, 2.24) is 0 Å². The quantitative estimate of drug-likeness (QED) is 0.398. The van der Waals surface area contributed by atoms with Gasteiger partial charge in [-0.1, -0.05) is 40.7 Å². The molecule has 8 nitrogen and oxygen atoms in total. The maximum absolute atomic E-state index is 17.6. The largest absolute Gasteiger partial charge is 0.509 e. The Balaban J connectivity index is 1.38. The van der Waals surface area contributed by atoms with Gasteiger partial charge >= 0.3 is 12.1 Å². The van der Waals surface area contributed by atoms with Crippen LogP contribution >= 0.6 is 0 Å². The van der Waals surface area contributed by atoms with E-state index in [1.807, 2.05) is 0 Å². The van der Waals surface area contributed by atoms with E-state index in [9.17, 15) is 24.8 Å². The summed E-state index contributed by atoms with van der Waals surface area (Å²) < 4.78 is 51.0. The Labute approximate surface area is 257 Å². The Hall–Kier alpha value is -2.80. The second kappa shape index (κ2) is 9.60. The Kier molecular flexibility index (Phi) is 6.81. The normalized spacial score (nSPS) is 49.7. The number of nitrogens with zero attached hydrogens (tertiary/aromatic N) is 1. The molecule has 10 heteroatoms. The molecule has 0 spiro atoms. The van der Waals surface area contributed by atoms with E-state index in [1.54, 1.807) is 19.9 Å². The van der Waals surface area contributed by atoms with Gasteiger partial charge in [0.05, 0.1) is 6.10 Å². The molecule has 6 rings (SSSR count). The van der Waals surface area contributed by atoms with Gasteiger partial charge in [-0.05, 0) is 80.4 Å². The van der Waals surface area contributed by atoms with Gasteiger partial charge in [-0.25, -0.2) is 18.4 Å². The van der Waals surface area contributed by atoms with Crippen LogP contribution in [0.4, 0.5) is 13.6 Å². The van der Waals surface area contributed by atoms with Crippen LogP contribution in [0.5, 0.6) is 0 Å². The average Bonchev–Trinajstić information content (AvgIpc) is 3.39. The van der Waals surface area contributed by atoms with Crippen molar-refractivity contribution in [2.75, 3.05) is 6.61 Å². The van der Waals surface area contributed by atoms with Crippen LogP contribution < -0.4 is 0 Å². The average molecular weight is 616 g/mol. The number of alkyl halides is 2. The number of ether oxygens (including phenoxy) is 3. The number of aliphatic hydroxyl groups excluding tert-OH is 1. The summed E-state index contributed by atoms with van der Waals surface area (Å²) in [5.74, 6) is -3.55. The molecule has 5 fully saturated rings. The summed E-state index contributed by atoms with van der Waals surface area (Å²) in [6.07, 6.45) is 1.02. The molecule has 0 radical (unpaired) electrons. The van der Waals surface area contributed by atoms with Crippen molar-refractivity contribution >= 4 is 17.9 Å². The lowest BCUT2D eigenvalue weighted by Gasteiger charge is -2.62. The summed E-state index contributed by atoms with van der Waals surface area (Å²) >= 11 is 0. The Bertz CT molecular complexity index is 1400. The van der Waals surface area contributed by atoms with E-state index in [-0.39, 0.29) is 35.7 Å². The first-order valence-electron chi connectivity index (χ1n) is 15.8. The molecule has 5 saturated carbocycles. The molecule has 0 amide bonds. The van der Waals surface area contributed by atoms with E-state index in [0.29, 0.717) is 12.3 Å². The van der Waals surface area contributed by atoms with Gasteiger partial charge in [0.1, 0.15) is 18.3 Å². The highest BCUT2D eigenvalue weighted by molar-refractivity contribution is 6.01.